The molecule has 102 valence electrons. The number of methoxy groups -OCH3 is 1. The summed E-state index contributed by atoms with van der Waals surface area (Å²) in [5.74, 6) is 0.802. The number of halogens is 1. The second-order valence-electron chi connectivity index (χ2n) is 4.22. The molecule has 0 spiro atoms. The fourth-order valence-electron chi connectivity index (χ4n) is 1.80. The zero-order valence-corrected chi connectivity index (χ0v) is 12.5. The molecule has 5 nitrogen and oxygen atoms in total. The number of nitrogens with zero attached hydrogens (tertiary/aromatic N) is 3. The van der Waals surface area contributed by atoms with Crippen molar-refractivity contribution in [3.8, 4) is 5.75 Å². The smallest absolute Gasteiger partial charge is 0.124 e. The van der Waals surface area contributed by atoms with Gasteiger partial charge in [0.15, 0.2) is 0 Å². The number of ether oxygens (including phenoxy) is 1. The first-order valence-electron chi connectivity index (χ1n) is 6.04. The van der Waals surface area contributed by atoms with Crippen LogP contribution in [0.1, 0.15) is 30.7 Å². The van der Waals surface area contributed by atoms with Gasteiger partial charge in [-0.25, -0.2) is 4.68 Å². The van der Waals surface area contributed by atoms with Gasteiger partial charge in [0, 0.05) is 10.0 Å². The summed E-state index contributed by atoms with van der Waals surface area (Å²) >= 11 is 3.44. The van der Waals surface area contributed by atoms with Crippen LogP contribution >= 0.6 is 15.9 Å². The molecule has 2 aromatic rings. The molecule has 1 aromatic heterocycles. The van der Waals surface area contributed by atoms with Gasteiger partial charge < -0.3 is 9.84 Å². The van der Waals surface area contributed by atoms with E-state index in [1.165, 1.54) is 0 Å². The third-order valence-electron chi connectivity index (χ3n) is 2.86. The van der Waals surface area contributed by atoms with Gasteiger partial charge in [-0.15, -0.1) is 5.10 Å². The van der Waals surface area contributed by atoms with Gasteiger partial charge in [-0.2, -0.15) is 0 Å². The minimum Gasteiger partial charge on any atom is -0.496 e. The molecule has 0 bridgehead atoms. The molecule has 19 heavy (non-hydrogen) atoms. The summed E-state index contributed by atoms with van der Waals surface area (Å²) in [6, 6.07) is 5.81. The normalized spacial score (nSPS) is 12.4. The Morgan fingerprint density at radius 2 is 2.26 bits per heavy atom. The Labute approximate surface area is 120 Å². The van der Waals surface area contributed by atoms with E-state index in [-0.39, 0.29) is 0 Å². The van der Waals surface area contributed by atoms with Crippen LogP contribution in [-0.2, 0) is 6.54 Å². The molecule has 0 saturated carbocycles. The van der Waals surface area contributed by atoms with E-state index in [4.69, 9.17) is 4.74 Å². The Kier molecular flexibility index (Phi) is 4.55. The zero-order chi connectivity index (χ0) is 13.8. The molecular formula is C13H16BrN3O2. The van der Waals surface area contributed by atoms with E-state index in [1.807, 2.05) is 25.1 Å². The van der Waals surface area contributed by atoms with Crippen LogP contribution in [0.2, 0.25) is 0 Å². The Morgan fingerprint density at radius 1 is 1.47 bits per heavy atom. The van der Waals surface area contributed by atoms with Gasteiger partial charge in [-0.3, -0.25) is 0 Å². The lowest BCUT2D eigenvalue weighted by molar-refractivity contribution is 0.168. The summed E-state index contributed by atoms with van der Waals surface area (Å²) in [6.45, 7) is 2.45. The average molecular weight is 326 g/mol. The van der Waals surface area contributed by atoms with Crippen molar-refractivity contribution in [1.82, 2.24) is 15.0 Å². The van der Waals surface area contributed by atoms with Gasteiger partial charge in [-0.05, 0) is 24.6 Å². The summed E-state index contributed by atoms with van der Waals surface area (Å²) in [7, 11) is 1.64. The fourth-order valence-corrected chi connectivity index (χ4v) is 2.21. The summed E-state index contributed by atoms with van der Waals surface area (Å²) in [4.78, 5) is 0. The predicted octanol–water partition coefficient (Wildman–Crippen LogP) is 2.54. The van der Waals surface area contributed by atoms with E-state index >= 15 is 0 Å². The Bertz CT molecular complexity index is 557. The molecule has 1 aromatic carbocycles. The SMILES string of the molecule is CCC(O)c1cn(Cc2cc(Br)ccc2OC)nn1. The van der Waals surface area contributed by atoms with Crippen LogP contribution in [0.15, 0.2) is 28.9 Å². The monoisotopic (exact) mass is 325 g/mol. The third-order valence-corrected chi connectivity index (χ3v) is 3.35. The van der Waals surface area contributed by atoms with Crippen molar-refractivity contribution in [2.45, 2.75) is 26.0 Å². The molecule has 1 heterocycles. The van der Waals surface area contributed by atoms with Crippen molar-refractivity contribution < 1.29 is 9.84 Å². The van der Waals surface area contributed by atoms with Crippen molar-refractivity contribution in [3.05, 3.63) is 40.1 Å². The van der Waals surface area contributed by atoms with Crippen molar-refractivity contribution in [3.63, 3.8) is 0 Å². The summed E-state index contributed by atoms with van der Waals surface area (Å²) in [5, 5.41) is 17.7. The topological polar surface area (TPSA) is 60.2 Å². The molecule has 6 heteroatoms. The number of hydrogen-bond acceptors (Lipinski definition) is 4. The van der Waals surface area contributed by atoms with Crippen LogP contribution < -0.4 is 4.74 Å². The van der Waals surface area contributed by atoms with Crippen molar-refractivity contribution >= 4 is 15.9 Å². The van der Waals surface area contributed by atoms with E-state index in [0.717, 1.165) is 15.8 Å². The quantitative estimate of drug-likeness (QED) is 0.917. The minimum absolute atomic E-state index is 0.548. The first-order chi connectivity index (χ1) is 9.13. The maximum Gasteiger partial charge on any atom is 0.124 e. The van der Waals surface area contributed by atoms with E-state index in [0.29, 0.717) is 18.7 Å². The Morgan fingerprint density at radius 3 is 2.95 bits per heavy atom. The van der Waals surface area contributed by atoms with Gasteiger partial charge in [0.1, 0.15) is 11.4 Å². The minimum atomic E-state index is -0.557. The fraction of sp³-hybridized carbons (Fsp3) is 0.385. The number of aliphatic hydroxyl groups excluding tert-OH is 1. The number of benzene rings is 1. The lowest BCUT2D eigenvalue weighted by Gasteiger charge is -2.08. The molecule has 0 aliphatic rings. The molecule has 0 amide bonds. The number of hydrogen-bond donors (Lipinski definition) is 1. The van der Waals surface area contributed by atoms with Crippen LogP contribution in [0.3, 0.4) is 0 Å². The summed E-state index contributed by atoms with van der Waals surface area (Å²) < 4.78 is 7.99. The largest absolute Gasteiger partial charge is 0.496 e. The Balaban J connectivity index is 2.21. The summed E-state index contributed by atoms with van der Waals surface area (Å²) in [6.07, 6.45) is 1.83. The molecule has 0 aliphatic carbocycles. The van der Waals surface area contributed by atoms with Gasteiger partial charge in [0.2, 0.25) is 0 Å². The number of aromatic nitrogens is 3. The molecule has 2 rings (SSSR count). The number of aliphatic hydroxyl groups is 1. The van der Waals surface area contributed by atoms with Crippen molar-refractivity contribution in [2.24, 2.45) is 0 Å². The number of rotatable bonds is 5. The molecule has 1 unspecified atom stereocenters. The van der Waals surface area contributed by atoms with Crippen LogP contribution in [-0.4, -0.2) is 27.2 Å². The first-order valence-corrected chi connectivity index (χ1v) is 6.83. The zero-order valence-electron chi connectivity index (χ0n) is 10.9. The molecular weight excluding hydrogens is 310 g/mol. The molecule has 0 aliphatic heterocycles. The van der Waals surface area contributed by atoms with Crippen LogP contribution in [0.25, 0.3) is 0 Å². The molecule has 0 radical (unpaired) electrons. The highest BCUT2D eigenvalue weighted by molar-refractivity contribution is 9.10. The lowest BCUT2D eigenvalue weighted by Crippen LogP contribution is -2.02. The van der Waals surface area contributed by atoms with Crippen LogP contribution in [0.5, 0.6) is 5.75 Å². The molecule has 0 fully saturated rings. The standard InChI is InChI=1S/C13H16BrN3O2/c1-3-12(18)11-8-17(16-15-11)7-9-6-10(14)4-5-13(9)19-2/h4-6,8,12,18H,3,7H2,1-2H3. The average Bonchev–Trinajstić information content (AvgIpc) is 2.86. The maximum atomic E-state index is 9.71. The van der Waals surface area contributed by atoms with Crippen LogP contribution in [0.4, 0.5) is 0 Å². The second-order valence-corrected chi connectivity index (χ2v) is 5.14. The highest BCUT2D eigenvalue weighted by atomic mass is 79.9. The molecule has 1 N–H and O–H groups in total. The third kappa shape index (κ3) is 3.33. The lowest BCUT2D eigenvalue weighted by atomic mass is 10.2. The first kappa shape index (κ1) is 14.0. The predicted molar refractivity (Wildman–Crippen MR) is 75.1 cm³/mol. The van der Waals surface area contributed by atoms with Gasteiger partial charge in [0.05, 0.1) is 26.0 Å². The highest BCUT2D eigenvalue weighted by Crippen LogP contribution is 2.24. The molecule has 1 atom stereocenters. The second kappa shape index (κ2) is 6.16. The van der Waals surface area contributed by atoms with E-state index in [9.17, 15) is 5.11 Å². The van der Waals surface area contributed by atoms with Crippen LogP contribution in [0, 0.1) is 0 Å². The summed E-state index contributed by atoms with van der Waals surface area (Å²) in [5.41, 5.74) is 1.59. The van der Waals surface area contributed by atoms with Gasteiger partial charge >= 0.3 is 0 Å². The van der Waals surface area contributed by atoms with E-state index < -0.39 is 6.10 Å². The van der Waals surface area contributed by atoms with E-state index in [2.05, 4.69) is 26.2 Å². The highest BCUT2D eigenvalue weighted by Gasteiger charge is 2.11. The van der Waals surface area contributed by atoms with Gasteiger partial charge in [0.25, 0.3) is 0 Å². The molecule has 0 saturated heterocycles. The Hall–Kier alpha value is -1.40. The van der Waals surface area contributed by atoms with E-state index in [1.54, 1.807) is 18.0 Å². The van der Waals surface area contributed by atoms with Crippen molar-refractivity contribution in [2.75, 3.05) is 7.11 Å². The van der Waals surface area contributed by atoms with Gasteiger partial charge in [-0.1, -0.05) is 28.1 Å². The van der Waals surface area contributed by atoms with Crippen molar-refractivity contribution in [1.29, 1.82) is 0 Å². The maximum absolute atomic E-state index is 9.71.